The number of ether oxygens (including phenoxy) is 2. The summed E-state index contributed by atoms with van der Waals surface area (Å²) in [5.74, 6) is 0.571. The number of rotatable bonds is 9. The molecule has 0 aromatic heterocycles. The zero-order valence-corrected chi connectivity index (χ0v) is 15.7. The van der Waals surface area contributed by atoms with Gasteiger partial charge in [-0.25, -0.2) is 0 Å². The zero-order valence-electron chi connectivity index (χ0n) is 15.7. The number of nitrogens with one attached hydrogen (secondary N) is 1. The van der Waals surface area contributed by atoms with Gasteiger partial charge in [0.05, 0.1) is 19.3 Å². The summed E-state index contributed by atoms with van der Waals surface area (Å²) >= 11 is 0. The molecule has 1 saturated carbocycles. The van der Waals surface area contributed by atoms with Gasteiger partial charge in [-0.2, -0.15) is 0 Å². The minimum absolute atomic E-state index is 0.113. The first-order chi connectivity index (χ1) is 11.5. The van der Waals surface area contributed by atoms with E-state index in [-0.39, 0.29) is 5.41 Å². The van der Waals surface area contributed by atoms with Gasteiger partial charge in [0.25, 0.3) is 0 Å². The molecule has 2 rings (SSSR count). The highest BCUT2D eigenvalue weighted by atomic mass is 16.5. The zero-order chi connectivity index (χ0) is 17.4. The van der Waals surface area contributed by atoms with Crippen LogP contribution in [0.4, 0.5) is 0 Å². The molecule has 0 aromatic carbocycles. The third kappa shape index (κ3) is 5.60. The molecule has 2 aliphatic rings. The van der Waals surface area contributed by atoms with Gasteiger partial charge in [-0.1, -0.05) is 27.2 Å². The molecule has 0 spiro atoms. The van der Waals surface area contributed by atoms with Crippen LogP contribution in [-0.2, 0) is 9.47 Å². The molecule has 0 bridgehead atoms. The first kappa shape index (κ1) is 19.5. The van der Waals surface area contributed by atoms with Crippen molar-refractivity contribution in [1.82, 2.24) is 10.2 Å². The van der Waals surface area contributed by atoms with Crippen LogP contribution in [0.5, 0.6) is 0 Å². The Bertz CT molecular complexity index is 394. The lowest BCUT2D eigenvalue weighted by atomic mass is 9.64. The van der Waals surface area contributed by atoms with Crippen LogP contribution in [0.2, 0.25) is 0 Å². The van der Waals surface area contributed by atoms with Gasteiger partial charge in [-0.3, -0.25) is 9.89 Å². The van der Waals surface area contributed by atoms with Gasteiger partial charge in [0.15, 0.2) is 5.96 Å². The molecule has 1 aliphatic carbocycles. The molecule has 3 N–H and O–H groups in total. The van der Waals surface area contributed by atoms with Crippen molar-refractivity contribution in [2.24, 2.45) is 16.1 Å². The second-order valence-electron chi connectivity index (χ2n) is 7.54. The Morgan fingerprint density at radius 1 is 1.33 bits per heavy atom. The number of unbranched alkanes of at least 4 members (excludes halogenated alkanes) is 1. The Hall–Kier alpha value is -0.850. The predicted octanol–water partition coefficient (Wildman–Crippen LogP) is 1.60. The van der Waals surface area contributed by atoms with E-state index in [0.29, 0.717) is 18.1 Å². The van der Waals surface area contributed by atoms with E-state index < -0.39 is 0 Å². The van der Waals surface area contributed by atoms with Gasteiger partial charge in [0.1, 0.15) is 0 Å². The summed E-state index contributed by atoms with van der Waals surface area (Å²) in [4.78, 5) is 6.91. The van der Waals surface area contributed by atoms with Gasteiger partial charge < -0.3 is 20.5 Å². The summed E-state index contributed by atoms with van der Waals surface area (Å²) < 4.78 is 11.3. The van der Waals surface area contributed by atoms with Crippen molar-refractivity contribution in [2.75, 3.05) is 46.0 Å². The van der Waals surface area contributed by atoms with Crippen LogP contribution >= 0.6 is 0 Å². The Morgan fingerprint density at radius 2 is 2.08 bits per heavy atom. The Balaban J connectivity index is 1.62. The molecule has 6 nitrogen and oxygen atoms in total. The van der Waals surface area contributed by atoms with Gasteiger partial charge in [-0.15, -0.1) is 0 Å². The Labute approximate surface area is 147 Å². The van der Waals surface area contributed by atoms with E-state index in [9.17, 15) is 0 Å². The molecule has 2 atom stereocenters. The fourth-order valence-electron chi connectivity index (χ4n) is 3.33. The van der Waals surface area contributed by atoms with E-state index in [1.54, 1.807) is 0 Å². The van der Waals surface area contributed by atoms with Gasteiger partial charge >= 0.3 is 0 Å². The predicted molar refractivity (Wildman–Crippen MR) is 98.3 cm³/mol. The summed E-state index contributed by atoms with van der Waals surface area (Å²) in [5, 5.41) is 3.38. The first-order valence-electron chi connectivity index (χ1n) is 9.52. The number of guanidine groups is 1. The molecule has 0 amide bonds. The fraction of sp³-hybridized carbons (Fsp3) is 0.944. The minimum atomic E-state index is 0.113. The third-order valence-electron chi connectivity index (χ3n) is 5.34. The quantitative estimate of drug-likeness (QED) is 0.379. The Kier molecular flexibility index (Phi) is 7.78. The highest BCUT2D eigenvalue weighted by Crippen LogP contribution is 2.42. The standard InChI is InChI=1S/C18H36N4O2/c1-4-5-11-24-16-14-15(18(16,2)3)21-17(19)20-7-6-8-22-9-12-23-13-10-22/h15-16H,4-14H2,1-3H3,(H3,19,20,21). The summed E-state index contributed by atoms with van der Waals surface area (Å²) in [6.45, 7) is 13.2. The summed E-state index contributed by atoms with van der Waals surface area (Å²) in [5.41, 5.74) is 6.17. The van der Waals surface area contributed by atoms with Crippen molar-refractivity contribution in [2.45, 2.75) is 58.6 Å². The average Bonchev–Trinajstić information content (AvgIpc) is 2.58. The monoisotopic (exact) mass is 340 g/mol. The van der Waals surface area contributed by atoms with Crippen molar-refractivity contribution in [1.29, 1.82) is 0 Å². The molecule has 2 fully saturated rings. The number of morpholine rings is 1. The largest absolute Gasteiger partial charge is 0.379 e. The summed E-state index contributed by atoms with van der Waals surface area (Å²) in [6.07, 6.45) is 4.70. The van der Waals surface area contributed by atoms with Gasteiger partial charge in [0, 0.05) is 44.2 Å². The van der Waals surface area contributed by atoms with E-state index >= 15 is 0 Å². The maximum atomic E-state index is 6.06. The molecule has 24 heavy (non-hydrogen) atoms. The number of nitrogens with two attached hydrogens (primary N) is 1. The normalized spacial score (nSPS) is 27.7. The van der Waals surface area contributed by atoms with Crippen LogP contribution in [0.15, 0.2) is 4.99 Å². The van der Waals surface area contributed by atoms with Crippen molar-refractivity contribution in [3.05, 3.63) is 0 Å². The molecule has 140 valence electrons. The smallest absolute Gasteiger partial charge is 0.188 e. The fourth-order valence-corrected chi connectivity index (χ4v) is 3.33. The van der Waals surface area contributed by atoms with Crippen LogP contribution < -0.4 is 11.1 Å². The highest BCUT2D eigenvalue weighted by molar-refractivity contribution is 5.78. The second kappa shape index (κ2) is 9.59. The lowest BCUT2D eigenvalue weighted by Gasteiger charge is -2.51. The average molecular weight is 341 g/mol. The van der Waals surface area contributed by atoms with E-state index in [2.05, 4.69) is 36.0 Å². The van der Waals surface area contributed by atoms with Crippen LogP contribution in [0, 0.1) is 5.41 Å². The molecular formula is C18H36N4O2. The lowest BCUT2D eigenvalue weighted by Crippen LogP contribution is -2.63. The summed E-state index contributed by atoms with van der Waals surface area (Å²) in [6, 6.07) is 0.354. The number of aliphatic imine (C=N–C) groups is 1. The molecule has 1 saturated heterocycles. The molecule has 2 unspecified atom stereocenters. The minimum Gasteiger partial charge on any atom is -0.379 e. The SMILES string of the molecule is CCCCOC1CC(NC(N)=NCCCN2CCOCC2)C1(C)C. The molecule has 0 radical (unpaired) electrons. The van der Waals surface area contributed by atoms with Crippen molar-refractivity contribution >= 4 is 5.96 Å². The molecular weight excluding hydrogens is 304 g/mol. The van der Waals surface area contributed by atoms with Gasteiger partial charge in [-0.05, 0) is 19.3 Å². The lowest BCUT2D eigenvalue weighted by molar-refractivity contribution is -0.113. The molecule has 6 heteroatoms. The Morgan fingerprint density at radius 3 is 2.75 bits per heavy atom. The van der Waals surface area contributed by atoms with Crippen molar-refractivity contribution < 1.29 is 9.47 Å². The van der Waals surface area contributed by atoms with E-state index in [1.807, 2.05) is 0 Å². The highest BCUT2D eigenvalue weighted by Gasteiger charge is 2.49. The topological polar surface area (TPSA) is 72.1 Å². The van der Waals surface area contributed by atoms with E-state index in [4.69, 9.17) is 15.2 Å². The maximum absolute atomic E-state index is 6.06. The van der Waals surface area contributed by atoms with Gasteiger partial charge in [0.2, 0.25) is 0 Å². The van der Waals surface area contributed by atoms with Crippen LogP contribution in [0.1, 0.15) is 46.5 Å². The second-order valence-corrected chi connectivity index (χ2v) is 7.54. The number of nitrogens with zero attached hydrogens (tertiary/aromatic N) is 2. The third-order valence-corrected chi connectivity index (χ3v) is 5.34. The maximum Gasteiger partial charge on any atom is 0.188 e. The first-order valence-corrected chi connectivity index (χ1v) is 9.52. The molecule has 1 heterocycles. The van der Waals surface area contributed by atoms with E-state index in [0.717, 1.165) is 65.3 Å². The van der Waals surface area contributed by atoms with Crippen LogP contribution in [0.25, 0.3) is 0 Å². The number of hydrogen-bond donors (Lipinski definition) is 2. The molecule has 0 aromatic rings. The number of hydrogen-bond acceptors (Lipinski definition) is 4. The van der Waals surface area contributed by atoms with E-state index in [1.165, 1.54) is 6.42 Å². The van der Waals surface area contributed by atoms with Crippen molar-refractivity contribution in [3.8, 4) is 0 Å². The molecule has 1 aliphatic heterocycles. The van der Waals surface area contributed by atoms with Crippen LogP contribution in [-0.4, -0.2) is 69.0 Å². The van der Waals surface area contributed by atoms with Crippen molar-refractivity contribution in [3.63, 3.8) is 0 Å². The van der Waals surface area contributed by atoms with Crippen LogP contribution in [0.3, 0.4) is 0 Å². The summed E-state index contributed by atoms with van der Waals surface area (Å²) in [7, 11) is 0.